The summed E-state index contributed by atoms with van der Waals surface area (Å²) in [5.41, 5.74) is 0. The molecule has 0 saturated heterocycles. The van der Waals surface area contributed by atoms with E-state index in [-0.39, 0.29) is 11.5 Å². The van der Waals surface area contributed by atoms with Crippen LogP contribution in [-0.4, -0.2) is 46.2 Å². The van der Waals surface area contributed by atoms with Gasteiger partial charge < -0.3 is 10.1 Å². The summed E-state index contributed by atoms with van der Waals surface area (Å²) in [6, 6.07) is 0.534. The van der Waals surface area contributed by atoms with Gasteiger partial charge in [-0.3, -0.25) is 0 Å². The van der Waals surface area contributed by atoms with Gasteiger partial charge in [0.05, 0.1) is 18.1 Å². The average molecular weight is 249 g/mol. The van der Waals surface area contributed by atoms with Crippen molar-refractivity contribution in [2.24, 2.45) is 0 Å². The Morgan fingerprint density at radius 2 is 1.88 bits per heavy atom. The van der Waals surface area contributed by atoms with Crippen LogP contribution >= 0.6 is 0 Å². The summed E-state index contributed by atoms with van der Waals surface area (Å²) in [7, 11) is -1.41. The van der Waals surface area contributed by atoms with Gasteiger partial charge in [-0.25, -0.2) is 8.42 Å². The lowest BCUT2D eigenvalue weighted by molar-refractivity contribution is 0.217. The van der Waals surface area contributed by atoms with Crippen LogP contribution in [0.1, 0.15) is 32.1 Å². The fourth-order valence-corrected chi connectivity index (χ4v) is 3.09. The molecule has 0 spiro atoms. The van der Waals surface area contributed by atoms with Gasteiger partial charge in [0.1, 0.15) is 0 Å². The van der Waals surface area contributed by atoms with Crippen molar-refractivity contribution in [1.29, 1.82) is 0 Å². The number of hydrogen-bond donors (Lipinski definition) is 1. The molecule has 4 nitrogen and oxygen atoms in total. The number of nitrogens with one attached hydrogen (secondary N) is 1. The van der Waals surface area contributed by atoms with E-state index in [1.807, 2.05) is 0 Å². The highest BCUT2D eigenvalue weighted by Gasteiger charge is 2.14. The highest BCUT2D eigenvalue weighted by Crippen LogP contribution is 2.16. The van der Waals surface area contributed by atoms with Crippen molar-refractivity contribution in [2.75, 3.05) is 31.8 Å². The highest BCUT2D eigenvalue weighted by atomic mass is 32.2. The molecular formula is C11H23NO3S. The molecule has 96 valence electrons. The van der Waals surface area contributed by atoms with E-state index in [2.05, 4.69) is 5.32 Å². The molecule has 0 amide bonds. The number of sulfone groups is 1. The van der Waals surface area contributed by atoms with Crippen molar-refractivity contribution in [3.05, 3.63) is 0 Å². The lowest BCUT2D eigenvalue weighted by Crippen LogP contribution is -2.35. The lowest BCUT2D eigenvalue weighted by Gasteiger charge is -2.22. The third-order valence-electron chi connectivity index (χ3n) is 3.05. The fraction of sp³-hybridized carbons (Fsp3) is 1.00. The SMILES string of the molecule is COCCS(=O)(=O)CCNC1CCCCC1. The number of ether oxygens (including phenoxy) is 1. The van der Waals surface area contributed by atoms with Gasteiger partial charge >= 0.3 is 0 Å². The first-order valence-electron chi connectivity index (χ1n) is 6.07. The summed E-state index contributed by atoms with van der Waals surface area (Å²) in [6.07, 6.45) is 6.25. The summed E-state index contributed by atoms with van der Waals surface area (Å²) >= 11 is 0. The Labute approximate surface area is 98.7 Å². The molecule has 16 heavy (non-hydrogen) atoms. The quantitative estimate of drug-likeness (QED) is 0.730. The molecule has 1 rings (SSSR count). The van der Waals surface area contributed by atoms with Gasteiger partial charge in [0.2, 0.25) is 0 Å². The maximum Gasteiger partial charge on any atom is 0.153 e. The first-order valence-corrected chi connectivity index (χ1v) is 7.89. The zero-order chi connectivity index (χ0) is 11.9. The van der Waals surface area contributed by atoms with E-state index in [0.29, 0.717) is 19.2 Å². The summed E-state index contributed by atoms with van der Waals surface area (Å²) in [5, 5.41) is 3.33. The summed E-state index contributed by atoms with van der Waals surface area (Å²) in [5.74, 6) is 0.364. The van der Waals surface area contributed by atoms with Gasteiger partial charge in [-0.15, -0.1) is 0 Å². The van der Waals surface area contributed by atoms with Crippen molar-refractivity contribution in [3.8, 4) is 0 Å². The van der Waals surface area contributed by atoms with Gasteiger partial charge in [0, 0.05) is 19.7 Å². The zero-order valence-corrected chi connectivity index (χ0v) is 10.9. The minimum atomic E-state index is -2.93. The number of hydrogen-bond acceptors (Lipinski definition) is 4. The topological polar surface area (TPSA) is 55.4 Å². The van der Waals surface area contributed by atoms with E-state index in [0.717, 1.165) is 0 Å². The first kappa shape index (κ1) is 13.9. The van der Waals surface area contributed by atoms with Crippen molar-refractivity contribution < 1.29 is 13.2 Å². The van der Waals surface area contributed by atoms with Crippen LogP contribution in [0.25, 0.3) is 0 Å². The molecule has 1 saturated carbocycles. The first-order chi connectivity index (χ1) is 7.64. The molecule has 1 aliphatic rings. The van der Waals surface area contributed by atoms with E-state index in [9.17, 15) is 8.42 Å². The lowest BCUT2D eigenvalue weighted by atomic mass is 9.96. The summed E-state index contributed by atoms with van der Waals surface area (Å²) in [6.45, 7) is 0.877. The predicted octanol–water partition coefficient (Wildman–Crippen LogP) is 0.970. The van der Waals surface area contributed by atoms with Crippen molar-refractivity contribution in [2.45, 2.75) is 38.1 Å². The Morgan fingerprint density at radius 1 is 1.19 bits per heavy atom. The second kappa shape index (κ2) is 7.25. The fourth-order valence-electron chi connectivity index (χ4n) is 2.04. The standard InChI is InChI=1S/C11H23NO3S/c1-15-8-10-16(13,14)9-7-12-11-5-3-2-4-6-11/h11-12H,2-10H2,1H3. The largest absolute Gasteiger partial charge is 0.384 e. The number of rotatable bonds is 7. The molecule has 1 aliphatic carbocycles. The Morgan fingerprint density at radius 3 is 2.50 bits per heavy atom. The van der Waals surface area contributed by atoms with Crippen LogP contribution in [0.4, 0.5) is 0 Å². The van der Waals surface area contributed by atoms with Crippen LogP contribution in [0.2, 0.25) is 0 Å². The molecule has 0 bridgehead atoms. The molecular weight excluding hydrogens is 226 g/mol. The van der Waals surface area contributed by atoms with Crippen LogP contribution in [0.3, 0.4) is 0 Å². The van der Waals surface area contributed by atoms with Gasteiger partial charge in [-0.1, -0.05) is 19.3 Å². The monoisotopic (exact) mass is 249 g/mol. The molecule has 0 aromatic rings. The third kappa shape index (κ3) is 5.82. The molecule has 0 radical (unpaired) electrons. The Kier molecular flexibility index (Phi) is 6.31. The molecule has 0 atom stereocenters. The van der Waals surface area contributed by atoms with Crippen molar-refractivity contribution in [3.63, 3.8) is 0 Å². The van der Waals surface area contributed by atoms with Gasteiger partial charge in [-0.2, -0.15) is 0 Å². The molecule has 0 aromatic heterocycles. The summed E-state index contributed by atoms with van der Waals surface area (Å²) in [4.78, 5) is 0. The van der Waals surface area contributed by atoms with Crippen molar-refractivity contribution in [1.82, 2.24) is 5.32 Å². The van der Waals surface area contributed by atoms with Gasteiger partial charge in [0.15, 0.2) is 9.84 Å². The predicted molar refractivity (Wildman–Crippen MR) is 65.4 cm³/mol. The summed E-state index contributed by atoms with van der Waals surface area (Å²) < 4.78 is 27.8. The third-order valence-corrected chi connectivity index (χ3v) is 4.66. The Bertz CT molecular complexity index is 271. The molecule has 5 heteroatoms. The van der Waals surface area contributed by atoms with Crippen LogP contribution in [0.5, 0.6) is 0 Å². The molecule has 0 aromatic carbocycles. The van der Waals surface area contributed by atoms with Crippen LogP contribution in [0.15, 0.2) is 0 Å². The maximum absolute atomic E-state index is 11.5. The minimum absolute atomic E-state index is 0.135. The van der Waals surface area contributed by atoms with Crippen LogP contribution in [0, 0.1) is 0 Å². The normalized spacial score (nSPS) is 18.8. The van der Waals surface area contributed by atoms with E-state index >= 15 is 0 Å². The van der Waals surface area contributed by atoms with Crippen LogP contribution < -0.4 is 5.32 Å². The van der Waals surface area contributed by atoms with Crippen molar-refractivity contribution >= 4 is 9.84 Å². The van der Waals surface area contributed by atoms with E-state index in [4.69, 9.17) is 4.74 Å². The maximum atomic E-state index is 11.5. The molecule has 0 unspecified atom stereocenters. The second-order valence-electron chi connectivity index (χ2n) is 4.43. The van der Waals surface area contributed by atoms with Gasteiger partial charge in [-0.05, 0) is 12.8 Å². The zero-order valence-electron chi connectivity index (χ0n) is 10.1. The molecule has 0 heterocycles. The second-order valence-corrected chi connectivity index (χ2v) is 6.74. The number of methoxy groups -OCH3 is 1. The molecule has 1 fully saturated rings. The smallest absolute Gasteiger partial charge is 0.153 e. The van der Waals surface area contributed by atoms with E-state index in [1.54, 1.807) is 0 Å². The van der Waals surface area contributed by atoms with Gasteiger partial charge in [0.25, 0.3) is 0 Å². The average Bonchev–Trinajstić information content (AvgIpc) is 2.28. The Balaban J connectivity index is 2.13. The molecule has 1 N–H and O–H groups in total. The van der Waals surface area contributed by atoms with E-state index < -0.39 is 9.84 Å². The molecule has 0 aliphatic heterocycles. The van der Waals surface area contributed by atoms with E-state index in [1.165, 1.54) is 39.2 Å². The minimum Gasteiger partial charge on any atom is -0.384 e. The highest BCUT2D eigenvalue weighted by molar-refractivity contribution is 7.91. The van der Waals surface area contributed by atoms with Crippen LogP contribution in [-0.2, 0) is 14.6 Å². The Hall–Kier alpha value is -0.130.